The number of hydrogen-bond donors (Lipinski definition) is 0. The van der Waals surface area contributed by atoms with Crippen molar-refractivity contribution >= 4 is 11.3 Å². The lowest BCUT2D eigenvalue weighted by Gasteiger charge is -1.95. The average Bonchev–Trinajstić information content (AvgIpc) is 2.79. The van der Waals surface area contributed by atoms with Gasteiger partial charge in [0.25, 0.3) is 0 Å². The Kier molecular flexibility index (Phi) is 2.10. The monoisotopic (exact) mass is 245 g/mol. The Labute approximate surface area is 103 Å². The van der Waals surface area contributed by atoms with E-state index in [1.54, 1.807) is 11.3 Å². The van der Waals surface area contributed by atoms with Crippen LogP contribution in [-0.4, -0.2) is 10.1 Å². The first-order valence-corrected chi connectivity index (χ1v) is 6.29. The smallest absolute Gasteiger partial charge is 0.232 e. The van der Waals surface area contributed by atoms with Crippen LogP contribution in [0.5, 0.6) is 0 Å². The molecule has 2 heterocycles. The summed E-state index contributed by atoms with van der Waals surface area (Å²) in [5.41, 5.74) is -0.0476. The fourth-order valence-electron chi connectivity index (χ4n) is 2.21. The van der Waals surface area contributed by atoms with E-state index >= 15 is 0 Å². The molecular formula is C12H11N3OS. The Hall–Kier alpha value is -1.67. The van der Waals surface area contributed by atoms with Gasteiger partial charge in [-0.25, -0.2) is 0 Å². The highest BCUT2D eigenvalue weighted by Gasteiger charge is 2.62. The lowest BCUT2D eigenvalue weighted by molar-refractivity contribution is 0.368. The lowest BCUT2D eigenvalue weighted by Crippen LogP contribution is -1.90. The van der Waals surface area contributed by atoms with Gasteiger partial charge in [0.05, 0.1) is 22.8 Å². The van der Waals surface area contributed by atoms with Crippen LogP contribution in [0, 0.1) is 22.7 Å². The van der Waals surface area contributed by atoms with Gasteiger partial charge in [0.15, 0.2) is 0 Å². The topological polar surface area (TPSA) is 62.7 Å². The molecule has 1 fully saturated rings. The van der Waals surface area contributed by atoms with Gasteiger partial charge in [-0.15, -0.1) is 11.3 Å². The van der Waals surface area contributed by atoms with Crippen LogP contribution < -0.4 is 0 Å². The minimum absolute atomic E-state index is 0.0147. The summed E-state index contributed by atoms with van der Waals surface area (Å²) in [6.45, 7) is 4.11. The average molecular weight is 245 g/mol. The van der Waals surface area contributed by atoms with Crippen molar-refractivity contribution in [2.24, 2.45) is 11.3 Å². The number of hydrogen-bond acceptors (Lipinski definition) is 5. The number of nitriles is 1. The maximum absolute atomic E-state index is 9.03. The molecule has 1 saturated carbocycles. The van der Waals surface area contributed by atoms with E-state index in [1.807, 2.05) is 17.5 Å². The second-order valence-corrected chi connectivity index (χ2v) is 5.79. The van der Waals surface area contributed by atoms with Gasteiger partial charge in [-0.05, 0) is 16.9 Å². The molecule has 2 atom stereocenters. The molecule has 4 nitrogen and oxygen atoms in total. The van der Waals surface area contributed by atoms with E-state index in [2.05, 4.69) is 30.1 Å². The molecule has 2 unspecified atom stereocenters. The second kappa shape index (κ2) is 3.41. The largest absolute Gasteiger partial charge is 0.339 e. The summed E-state index contributed by atoms with van der Waals surface area (Å²) in [7, 11) is 0. The third-order valence-electron chi connectivity index (χ3n) is 3.42. The van der Waals surface area contributed by atoms with Crippen LogP contribution in [0.1, 0.15) is 25.7 Å². The lowest BCUT2D eigenvalue weighted by atomic mass is 10.1. The van der Waals surface area contributed by atoms with Gasteiger partial charge in [-0.3, -0.25) is 0 Å². The van der Waals surface area contributed by atoms with Crippen LogP contribution in [0.3, 0.4) is 0 Å². The summed E-state index contributed by atoms with van der Waals surface area (Å²) >= 11 is 1.58. The molecule has 86 valence electrons. The summed E-state index contributed by atoms with van der Waals surface area (Å²) in [4.78, 5) is 5.38. The van der Waals surface area contributed by atoms with E-state index in [1.165, 1.54) is 0 Å². The van der Waals surface area contributed by atoms with E-state index < -0.39 is 0 Å². The highest BCUT2D eigenvalue weighted by molar-refractivity contribution is 7.13. The summed E-state index contributed by atoms with van der Waals surface area (Å²) in [6.07, 6.45) is 0. The maximum Gasteiger partial charge on any atom is 0.232 e. The van der Waals surface area contributed by atoms with Crippen molar-refractivity contribution in [1.29, 1.82) is 5.26 Å². The zero-order valence-corrected chi connectivity index (χ0v) is 10.4. The predicted octanol–water partition coefficient (Wildman–Crippen LogP) is 3.06. The van der Waals surface area contributed by atoms with Crippen molar-refractivity contribution in [2.45, 2.75) is 19.8 Å². The Balaban J connectivity index is 1.91. The molecule has 5 heteroatoms. The van der Waals surface area contributed by atoms with E-state index in [0.717, 1.165) is 4.88 Å². The summed E-state index contributed by atoms with van der Waals surface area (Å²) in [6, 6.07) is 6.21. The molecule has 0 amide bonds. The molecular weight excluding hydrogens is 234 g/mol. The van der Waals surface area contributed by atoms with E-state index in [4.69, 9.17) is 9.78 Å². The molecule has 0 spiro atoms. The summed E-state index contributed by atoms with van der Waals surface area (Å²) in [5.74, 6) is 1.27. The number of thiophene rings is 1. The Morgan fingerprint density at radius 1 is 1.53 bits per heavy atom. The molecule has 2 aromatic heterocycles. The van der Waals surface area contributed by atoms with E-state index in [-0.39, 0.29) is 17.3 Å². The highest BCUT2D eigenvalue weighted by Crippen LogP contribution is 2.63. The molecule has 17 heavy (non-hydrogen) atoms. The van der Waals surface area contributed by atoms with Crippen LogP contribution in [0.15, 0.2) is 22.0 Å². The van der Waals surface area contributed by atoms with Crippen molar-refractivity contribution in [3.63, 3.8) is 0 Å². The van der Waals surface area contributed by atoms with Gasteiger partial charge in [0, 0.05) is 0 Å². The molecule has 1 aliphatic carbocycles. The molecule has 1 aliphatic rings. The Morgan fingerprint density at radius 2 is 2.35 bits per heavy atom. The molecule has 0 N–H and O–H groups in total. The standard InChI is InChI=1S/C12H11N3OS/c1-12(2)7(6-13)9(12)11-14-10(15-16-11)8-4-3-5-17-8/h3-5,7,9H,1-2H3. The van der Waals surface area contributed by atoms with E-state index in [0.29, 0.717) is 11.7 Å². The Morgan fingerprint density at radius 3 is 2.94 bits per heavy atom. The third kappa shape index (κ3) is 1.48. The van der Waals surface area contributed by atoms with E-state index in [9.17, 15) is 0 Å². The number of aromatic nitrogens is 2. The fraction of sp³-hybridized carbons (Fsp3) is 0.417. The number of rotatable bonds is 2. The summed E-state index contributed by atoms with van der Waals surface area (Å²) in [5, 5.41) is 15.0. The third-order valence-corrected chi connectivity index (χ3v) is 4.28. The van der Waals surface area contributed by atoms with Crippen molar-refractivity contribution in [3.8, 4) is 16.8 Å². The zero-order chi connectivity index (χ0) is 12.0. The van der Waals surface area contributed by atoms with Crippen molar-refractivity contribution < 1.29 is 4.52 Å². The van der Waals surface area contributed by atoms with Gasteiger partial charge in [-0.1, -0.05) is 25.1 Å². The first-order valence-electron chi connectivity index (χ1n) is 5.41. The molecule has 0 radical (unpaired) electrons. The van der Waals surface area contributed by atoms with Crippen LogP contribution >= 0.6 is 11.3 Å². The van der Waals surface area contributed by atoms with Crippen LogP contribution in [-0.2, 0) is 0 Å². The molecule has 0 saturated heterocycles. The van der Waals surface area contributed by atoms with Crippen molar-refractivity contribution in [2.75, 3.05) is 0 Å². The second-order valence-electron chi connectivity index (χ2n) is 4.84. The quantitative estimate of drug-likeness (QED) is 0.815. The van der Waals surface area contributed by atoms with Crippen LogP contribution in [0.2, 0.25) is 0 Å². The number of nitrogens with zero attached hydrogens (tertiary/aromatic N) is 3. The van der Waals surface area contributed by atoms with Crippen molar-refractivity contribution in [3.05, 3.63) is 23.4 Å². The van der Waals surface area contributed by atoms with Gasteiger partial charge < -0.3 is 4.52 Å². The molecule has 0 aliphatic heterocycles. The first kappa shape index (κ1) is 10.5. The van der Waals surface area contributed by atoms with Gasteiger partial charge in [-0.2, -0.15) is 10.2 Å². The molecule has 0 bridgehead atoms. The van der Waals surface area contributed by atoms with Gasteiger partial charge >= 0.3 is 0 Å². The molecule has 0 aromatic carbocycles. The predicted molar refractivity (Wildman–Crippen MR) is 63.2 cm³/mol. The summed E-state index contributed by atoms with van der Waals surface area (Å²) < 4.78 is 5.27. The zero-order valence-electron chi connectivity index (χ0n) is 9.54. The molecule has 3 rings (SSSR count). The highest BCUT2D eigenvalue weighted by atomic mass is 32.1. The minimum atomic E-state index is -0.0476. The van der Waals surface area contributed by atoms with Crippen LogP contribution in [0.25, 0.3) is 10.7 Å². The first-order chi connectivity index (χ1) is 8.14. The SMILES string of the molecule is CC1(C)C(C#N)C1c1nc(-c2cccs2)no1. The maximum atomic E-state index is 9.03. The molecule has 2 aromatic rings. The minimum Gasteiger partial charge on any atom is -0.339 e. The van der Waals surface area contributed by atoms with Gasteiger partial charge in [0.1, 0.15) is 0 Å². The normalized spacial score (nSPS) is 25.5. The van der Waals surface area contributed by atoms with Crippen LogP contribution in [0.4, 0.5) is 0 Å². The Bertz CT molecular complexity index is 579. The fourth-order valence-corrected chi connectivity index (χ4v) is 2.86. The van der Waals surface area contributed by atoms with Gasteiger partial charge in [0.2, 0.25) is 11.7 Å². The van der Waals surface area contributed by atoms with Crippen molar-refractivity contribution in [1.82, 2.24) is 10.1 Å².